The topological polar surface area (TPSA) is 117 Å². The van der Waals surface area contributed by atoms with Crippen LogP contribution < -0.4 is 4.90 Å². The lowest BCUT2D eigenvalue weighted by molar-refractivity contribution is -0.164. The van der Waals surface area contributed by atoms with Gasteiger partial charge in [-0.1, -0.05) is 115 Å². The molecule has 0 aromatic heterocycles. The zero-order valence-corrected chi connectivity index (χ0v) is 30.9. The van der Waals surface area contributed by atoms with Crippen molar-refractivity contribution in [2.24, 2.45) is 11.8 Å². The summed E-state index contributed by atoms with van der Waals surface area (Å²) in [6, 6.07) is 30.0. The highest BCUT2D eigenvalue weighted by Crippen LogP contribution is 2.54. The van der Waals surface area contributed by atoms with Gasteiger partial charge in [-0.2, -0.15) is 0 Å². The van der Waals surface area contributed by atoms with Crippen molar-refractivity contribution >= 4 is 40.2 Å². The van der Waals surface area contributed by atoms with Crippen molar-refractivity contribution < 1.29 is 33.8 Å². The fourth-order valence-corrected chi connectivity index (χ4v) is 8.93. The predicted octanol–water partition coefficient (Wildman–Crippen LogP) is 5.41. The fraction of sp³-hybridized carbons (Fsp3) is 0.333. The van der Waals surface area contributed by atoms with Gasteiger partial charge in [-0.3, -0.25) is 19.2 Å². The quantitative estimate of drug-likeness (QED) is 0.208. The number of fused-ring (bicyclic) bond motifs is 3. The lowest BCUT2D eigenvalue weighted by atomic mass is 9.77. The van der Waals surface area contributed by atoms with Gasteiger partial charge >= 0.3 is 5.97 Å². The minimum atomic E-state index is -1.57. The van der Waals surface area contributed by atoms with Crippen LogP contribution >= 0.6 is 0 Å². The second-order valence-corrected chi connectivity index (χ2v) is 15.0. The van der Waals surface area contributed by atoms with E-state index in [1.54, 1.807) is 29.0 Å². The molecule has 8 atom stereocenters. The van der Waals surface area contributed by atoms with E-state index in [2.05, 4.69) is 0 Å². The van der Waals surface area contributed by atoms with Crippen molar-refractivity contribution in [2.75, 3.05) is 25.1 Å². The number of benzene rings is 4. The number of anilines is 1. The van der Waals surface area contributed by atoms with Gasteiger partial charge in [-0.05, 0) is 53.8 Å². The first-order valence-corrected chi connectivity index (χ1v) is 19.0. The van der Waals surface area contributed by atoms with Gasteiger partial charge < -0.3 is 29.3 Å². The highest BCUT2D eigenvalue weighted by molar-refractivity contribution is 6.06. The molecule has 0 aliphatic carbocycles. The third-order valence-corrected chi connectivity index (χ3v) is 11.8. The summed E-state index contributed by atoms with van der Waals surface area (Å²) in [5, 5.41) is 13.0. The summed E-state index contributed by atoms with van der Waals surface area (Å²) in [6.07, 6.45) is 6.30. The van der Waals surface area contributed by atoms with E-state index in [9.17, 15) is 14.7 Å². The van der Waals surface area contributed by atoms with E-state index in [4.69, 9.17) is 9.47 Å². The Morgan fingerprint density at radius 3 is 2.31 bits per heavy atom. The molecule has 1 N–H and O–H groups in total. The molecule has 0 unspecified atom stereocenters. The van der Waals surface area contributed by atoms with E-state index in [1.807, 2.05) is 122 Å². The van der Waals surface area contributed by atoms with Crippen LogP contribution in [-0.2, 0) is 35.1 Å². The second kappa shape index (κ2) is 14.9. The van der Waals surface area contributed by atoms with Crippen molar-refractivity contribution in [1.82, 2.24) is 9.80 Å². The molecule has 4 aromatic carbocycles. The van der Waals surface area contributed by atoms with Gasteiger partial charge in [0.15, 0.2) is 0 Å². The van der Waals surface area contributed by atoms with Crippen molar-refractivity contribution in [3.8, 4) is 0 Å². The van der Waals surface area contributed by atoms with Crippen LogP contribution in [0.3, 0.4) is 0 Å². The molecule has 4 heterocycles. The number of likely N-dealkylation sites (tertiary alicyclic amines) is 1. The first-order chi connectivity index (χ1) is 26.7. The zero-order chi connectivity index (χ0) is 38.3. The van der Waals surface area contributed by atoms with E-state index in [1.165, 1.54) is 4.90 Å². The molecule has 4 aromatic rings. The minimum absolute atomic E-state index is 0.0977. The van der Waals surface area contributed by atoms with Crippen LogP contribution in [0.2, 0.25) is 0 Å². The molecule has 0 bridgehead atoms. The third-order valence-electron chi connectivity index (χ3n) is 11.8. The van der Waals surface area contributed by atoms with Gasteiger partial charge in [0.25, 0.3) is 5.91 Å². The maximum Gasteiger partial charge on any atom is 0.313 e. The number of carbonyl (C=O) groups excluding carboxylic acids is 4. The van der Waals surface area contributed by atoms with Gasteiger partial charge in [0.05, 0.1) is 30.7 Å². The normalized spacial score (nSPS) is 29.5. The van der Waals surface area contributed by atoms with Crippen molar-refractivity contribution in [1.29, 1.82) is 0 Å². The largest absolute Gasteiger partial charge is 0.455 e. The van der Waals surface area contributed by atoms with E-state index in [0.29, 0.717) is 17.7 Å². The number of amides is 3. The molecule has 2 saturated heterocycles. The van der Waals surface area contributed by atoms with Gasteiger partial charge in [-0.25, -0.2) is 0 Å². The van der Waals surface area contributed by atoms with Gasteiger partial charge in [0, 0.05) is 25.7 Å². The summed E-state index contributed by atoms with van der Waals surface area (Å²) in [4.78, 5) is 63.3. The molecule has 0 radical (unpaired) electrons. The van der Waals surface area contributed by atoms with Gasteiger partial charge in [-0.15, -0.1) is 0 Å². The molecule has 10 nitrogen and oxygen atoms in total. The zero-order valence-electron chi connectivity index (χ0n) is 30.9. The van der Waals surface area contributed by atoms with Crippen LogP contribution in [0.15, 0.2) is 127 Å². The van der Waals surface area contributed by atoms with Crippen LogP contribution in [0, 0.1) is 11.8 Å². The molecule has 282 valence electrons. The first kappa shape index (κ1) is 36.4. The number of likely N-dealkylation sites (N-methyl/N-ethyl adjacent to an activating group) is 1. The molecule has 1 spiro atoms. The Hall–Kier alpha value is -5.58. The van der Waals surface area contributed by atoms with E-state index >= 15 is 9.59 Å². The Labute approximate surface area is 320 Å². The number of hydrogen-bond donors (Lipinski definition) is 1. The molecule has 4 aliphatic heterocycles. The number of allylic oxidation sites excluding steroid dienone is 1. The van der Waals surface area contributed by atoms with Gasteiger partial charge in [0.2, 0.25) is 11.8 Å². The molecule has 8 rings (SSSR count). The predicted molar refractivity (Wildman–Crippen MR) is 208 cm³/mol. The van der Waals surface area contributed by atoms with E-state index in [-0.39, 0.29) is 31.2 Å². The number of hydrogen-bond acceptors (Lipinski definition) is 7. The van der Waals surface area contributed by atoms with Crippen molar-refractivity contribution in [3.63, 3.8) is 0 Å². The summed E-state index contributed by atoms with van der Waals surface area (Å²) in [5.41, 5.74) is 0.677. The standard InChI is InChI=1S/C45H45N3O7/c1-29-40(32-17-7-4-8-18-32)54-44(53)38-36(20-11-12-21-37(50)46(29)2)55-45-24-13-25-47(34-23-22-31-16-9-10-19-33(31)27-34)43(52)41(45)48(42(51)39(38)45)35(28-49)26-30-14-5-3-6-15-30/h3-11,13-20,22-24,27,29,35-36,38-41,49H,12,21,25-26,28H2,1-2H3/b20-11-/t29-,35-,36-,38+,39+,40+,41-,45+/m1/s1. The van der Waals surface area contributed by atoms with E-state index in [0.717, 1.165) is 16.3 Å². The lowest BCUT2D eigenvalue weighted by Gasteiger charge is -2.38. The third kappa shape index (κ3) is 6.43. The van der Waals surface area contributed by atoms with Gasteiger partial charge in [0.1, 0.15) is 23.7 Å². The summed E-state index contributed by atoms with van der Waals surface area (Å²) >= 11 is 0. The summed E-state index contributed by atoms with van der Waals surface area (Å²) in [7, 11) is 1.71. The van der Waals surface area contributed by atoms with Crippen molar-refractivity contribution in [2.45, 2.75) is 62.1 Å². The number of nitrogens with zero attached hydrogens (tertiary/aromatic N) is 3. The van der Waals surface area contributed by atoms with Crippen LogP contribution in [-0.4, -0.2) is 88.6 Å². The van der Waals surface area contributed by atoms with Crippen LogP contribution in [0.25, 0.3) is 10.8 Å². The average Bonchev–Trinajstić information content (AvgIpc) is 3.61. The highest BCUT2D eigenvalue weighted by Gasteiger charge is 2.72. The summed E-state index contributed by atoms with van der Waals surface area (Å²) < 4.78 is 13.4. The maximum atomic E-state index is 15.3. The first-order valence-electron chi connectivity index (χ1n) is 19.0. The summed E-state index contributed by atoms with van der Waals surface area (Å²) in [5.74, 6) is -3.86. The Morgan fingerprint density at radius 1 is 0.855 bits per heavy atom. The SMILES string of the molecule is C[C@@H]1[C@@H](c2ccccc2)OC(=O)[C@@H]2[C@H]3C(=O)N([C@@H](CO)Cc4ccccc4)[C@@H]4C(=O)N(c5ccc6ccccc6c5)CC=C[C@]34O[C@@H]2/C=C\CCC(=O)N1C. The molecule has 2 fully saturated rings. The smallest absolute Gasteiger partial charge is 0.313 e. The second-order valence-electron chi connectivity index (χ2n) is 15.0. The molecule has 55 heavy (non-hydrogen) atoms. The Morgan fingerprint density at radius 2 is 1.56 bits per heavy atom. The lowest BCUT2D eigenvalue weighted by Crippen LogP contribution is -2.58. The molecule has 4 aliphatic rings. The molecular formula is C45H45N3O7. The fourth-order valence-electron chi connectivity index (χ4n) is 8.93. The molecule has 10 heteroatoms. The number of ether oxygens (including phenoxy) is 2. The monoisotopic (exact) mass is 739 g/mol. The Kier molecular flexibility index (Phi) is 9.88. The average molecular weight is 740 g/mol. The highest BCUT2D eigenvalue weighted by atomic mass is 16.6. The maximum absolute atomic E-state index is 15.3. The number of rotatable bonds is 6. The number of cyclic esters (lactones) is 1. The van der Waals surface area contributed by atoms with Crippen LogP contribution in [0.5, 0.6) is 0 Å². The summed E-state index contributed by atoms with van der Waals surface area (Å²) in [6.45, 7) is 1.63. The molecular weight excluding hydrogens is 695 g/mol. The van der Waals surface area contributed by atoms with Crippen LogP contribution in [0.1, 0.15) is 37.0 Å². The number of aliphatic hydroxyl groups is 1. The number of esters is 1. The molecule has 3 amide bonds. The number of aliphatic hydroxyl groups excluding tert-OH is 1. The minimum Gasteiger partial charge on any atom is -0.455 e. The van der Waals surface area contributed by atoms with E-state index < -0.39 is 66.3 Å². The van der Waals surface area contributed by atoms with Crippen molar-refractivity contribution in [3.05, 3.63) is 139 Å². The number of carbonyl (C=O) groups is 4. The Bertz CT molecular complexity index is 2160. The Balaban J connectivity index is 1.25. The molecule has 0 saturated carbocycles. The van der Waals surface area contributed by atoms with Crippen LogP contribution in [0.4, 0.5) is 5.69 Å².